The lowest BCUT2D eigenvalue weighted by atomic mass is 9.92. The molecule has 0 aliphatic rings. The zero-order valence-electron chi connectivity index (χ0n) is 11.5. The van der Waals surface area contributed by atoms with Crippen molar-refractivity contribution in [3.05, 3.63) is 53.2 Å². The predicted octanol–water partition coefficient (Wildman–Crippen LogP) is 3.67. The number of carboxylic acids is 2. The Balaban J connectivity index is 2.27. The molecule has 0 saturated carbocycles. The van der Waals surface area contributed by atoms with Gasteiger partial charge in [-0.05, 0) is 47.3 Å². The number of fused-ring (bicyclic) bond motifs is 1. The van der Waals surface area contributed by atoms with Gasteiger partial charge in [-0.2, -0.15) is 4.37 Å². The van der Waals surface area contributed by atoms with Crippen LogP contribution in [0, 0.1) is 6.92 Å². The van der Waals surface area contributed by atoms with Gasteiger partial charge in [0.15, 0.2) is 0 Å². The van der Waals surface area contributed by atoms with Crippen LogP contribution in [-0.4, -0.2) is 26.5 Å². The van der Waals surface area contributed by atoms with Crippen molar-refractivity contribution in [1.29, 1.82) is 0 Å². The van der Waals surface area contributed by atoms with E-state index in [2.05, 4.69) is 4.37 Å². The number of nitrogens with zero attached hydrogens (tertiary/aromatic N) is 1. The third-order valence-corrected chi connectivity index (χ3v) is 4.34. The van der Waals surface area contributed by atoms with Crippen LogP contribution >= 0.6 is 11.5 Å². The molecule has 3 rings (SSSR count). The molecule has 0 fully saturated rings. The van der Waals surface area contributed by atoms with Crippen molar-refractivity contribution in [1.82, 2.24) is 4.37 Å². The smallest absolute Gasteiger partial charge is 0.336 e. The molecule has 1 heterocycles. The molecule has 0 amide bonds. The molecule has 0 aliphatic heterocycles. The fourth-order valence-electron chi connectivity index (χ4n) is 2.49. The summed E-state index contributed by atoms with van der Waals surface area (Å²) in [6.45, 7) is 1.52. The van der Waals surface area contributed by atoms with Gasteiger partial charge in [0.25, 0.3) is 0 Å². The van der Waals surface area contributed by atoms with Gasteiger partial charge in [0.1, 0.15) is 0 Å². The van der Waals surface area contributed by atoms with Gasteiger partial charge < -0.3 is 10.2 Å². The van der Waals surface area contributed by atoms with Crippen LogP contribution in [0.4, 0.5) is 0 Å². The molecule has 110 valence electrons. The van der Waals surface area contributed by atoms with Gasteiger partial charge in [-0.1, -0.05) is 18.2 Å². The van der Waals surface area contributed by atoms with E-state index in [-0.39, 0.29) is 16.7 Å². The maximum Gasteiger partial charge on any atom is 0.336 e. The number of aromatic carboxylic acids is 2. The Kier molecular flexibility index (Phi) is 3.38. The van der Waals surface area contributed by atoms with E-state index < -0.39 is 11.9 Å². The Morgan fingerprint density at radius 2 is 1.86 bits per heavy atom. The van der Waals surface area contributed by atoms with Crippen LogP contribution in [0.1, 0.15) is 26.3 Å². The molecule has 5 nitrogen and oxygen atoms in total. The van der Waals surface area contributed by atoms with Gasteiger partial charge in [0.05, 0.1) is 15.8 Å². The number of hydrogen-bond acceptors (Lipinski definition) is 4. The molecule has 0 bridgehead atoms. The number of carbonyl (C=O) groups is 2. The van der Waals surface area contributed by atoms with E-state index in [4.69, 9.17) is 5.11 Å². The summed E-state index contributed by atoms with van der Waals surface area (Å²) >= 11 is 1.33. The van der Waals surface area contributed by atoms with E-state index in [9.17, 15) is 14.7 Å². The van der Waals surface area contributed by atoms with Crippen molar-refractivity contribution in [3.63, 3.8) is 0 Å². The molecule has 6 heteroatoms. The Bertz CT molecular complexity index is 914. The summed E-state index contributed by atoms with van der Waals surface area (Å²) in [4.78, 5) is 22.8. The van der Waals surface area contributed by atoms with Crippen LogP contribution in [0.2, 0.25) is 0 Å². The molecule has 0 saturated heterocycles. The van der Waals surface area contributed by atoms with Crippen LogP contribution < -0.4 is 0 Å². The lowest BCUT2D eigenvalue weighted by Gasteiger charge is -2.12. The van der Waals surface area contributed by atoms with Crippen molar-refractivity contribution in [2.24, 2.45) is 0 Å². The summed E-state index contributed by atoms with van der Waals surface area (Å²) < 4.78 is 5.05. The summed E-state index contributed by atoms with van der Waals surface area (Å²) in [5.41, 5.74) is 1.50. The molecule has 3 aromatic rings. The molecule has 2 aromatic carbocycles. The van der Waals surface area contributed by atoms with E-state index in [0.29, 0.717) is 5.56 Å². The Morgan fingerprint density at radius 3 is 2.55 bits per heavy atom. The summed E-state index contributed by atoms with van der Waals surface area (Å²) in [6, 6.07) is 8.55. The second-order valence-corrected chi connectivity index (χ2v) is 5.68. The quantitative estimate of drug-likeness (QED) is 0.770. The highest BCUT2D eigenvalue weighted by atomic mass is 32.1. The van der Waals surface area contributed by atoms with Gasteiger partial charge >= 0.3 is 11.9 Å². The molecule has 0 radical (unpaired) electrons. The fraction of sp³-hybridized carbons (Fsp3) is 0.0625. The molecule has 1 aromatic heterocycles. The van der Waals surface area contributed by atoms with E-state index in [1.807, 2.05) is 18.2 Å². The number of rotatable bonds is 3. The minimum atomic E-state index is -1.14. The lowest BCUT2D eigenvalue weighted by molar-refractivity contribution is 0.0696. The average Bonchev–Trinajstić information content (AvgIpc) is 2.93. The Hall–Kier alpha value is -2.73. The number of carboxylic acid groups (broad SMARTS) is 2. The van der Waals surface area contributed by atoms with Gasteiger partial charge in [-0.25, -0.2) is 9.59 Å². The minimum absolute atomic E-state index is 0.0000170. The highest BCUT2D eigenvalue weighted by Crippen LogP contribution is 2.31. The average molecular weight is 313 g/mol. The minimum Gasteiger partial charge on any atom is -0.478 e. The van der Waals surface area contributed by atoms with Gasteiger partial charge in [-0.15, -0.1) is 0 Å². The molecular formula is C16H11NO4S. The number of hydrogen-bond donors (Lipinski definition) is 2. The standard InChI is InChI=1S/C16H11NO4S/c1-8-11(15(18)19)4-5-12(14(8)16(20)21)9-2-3-10-7-17-22-13(10)6-9/h2-7H,1H3,(H,18,19)(H,20,21). The van der Waals surface area contributed by atoms with Crippen molar-refractivity contribution in [2.75, 3.05) is 0 Å². The molecule has 0 aliphatic carbocycles. The first-order valence-corrected chi connectivity index (χ1v) is 7.21. The summed E-state index contributed by atoms with van der Waals surface area (Å²) in [6.07, 6.45) is 1.75. The summed E-state index contributed by atoms with van der Waals surface area (Å²) in [5, 5.41) is 19.6. The molecule has 22 heavy (non-hydrogen) atoms. The number of aromatic nitrogens is 1. The van der Waals surface area contributed by atoms with Crippen molar-refractivity contribution in [2.45, 2.75) is 6.92 Å². The van der Waals surface area contributed by atoms with Crippen LogP contribution in [-0.2, 0) is 0 Å². The summed E-state index contributed by atoms with van der Waals surface area (Å²) in [7, 11) is 0. The summed E-state index contributed by atoms with van der Waals surface area (Å²) in [5.74, 6) is -2.27. The first-order valence-electron chi connectivity index (χ1n) is 6.44. The van der Waals surface area contributed by atoms with Gasteiger partial charge in [0.2, 0.25) is 0 Å². The fourth-order valence-corrected chi connectivity index (χ4v) is 3.17. The maximum absolute atomic E-state index is 11.6. The maximum atomic E-state index is 11.6. The van der Waals surface area contributed by atoms with E-state index in [1.54, 1.807) is 12.3 Å². The lowest BCUT2D eigenvalue weighted by Crippen LogP contribution is -2.09. The molecule has 0 atom stereocenters. The number of benzene rings is 2. The van der Waals surface area contributed by atoms with E-state index in [0.717, 1.165) is 15.6 Å². The Morgan fingerprint density at radius 1 is 1.09 bits per heavy atom. The first kappa shape index (κ1) is 14.2. The van der Waals surface area contributed by atoms with Crippen LogP contribution in [0.25, 0.3) is 21.2 Å². The predicted molar refractivity (Wildman–Crippen MR) is 83.7 cm³/mol. The highest BCUT2D eigenvalue weighted by molar-refractivity contribution is 7.13. The van der Waals surface area contributed by atoms with Crippen molar-refractivity contribution >= 4 is 33.6 Å². The highest BCUT2D eigenvalue weighted by Gasteiger charge is 2.20. The molecule has 0 unspecified atom stereocenters. The van der Waals surface area contributed by atoms with Crippen LogP contribution in [0.15, 0.2) is 36.5 Å². The third kappa shape index (κ3) is 2.23. The van der Waals surface area contributed by atoms with E-state index in [1.165, 1.54) is 24.5 Å². The van der Waals surface area contributed by atoms with Crippen LogP contribution in [0.5, 0.6) is 0 Å². The topological polar surface area (TPSA) is 87.5 Å². The second kappa shape index (κ2) is 5.23. The van der Waals surface area contributed by atoms with Gasteiger partial charge in [0, 0.05) is 11.6 Å². The van der Waals surface area contributed by atoms with Crippen LogP contribution in [0.3, 0.4) is 0 Å². The molecule has 0 spiro atoms. The first-order chi connectivity index (χ1) is 10.5. The van der Waals surface area contributed by atoms with Crippen molar-refractivity contribution in [3.8, 4) is 11.1 Å². The molecule has 2 N–H and O–H groups in total. The Labute approximate surface area is 129 Å². The van der Waals surface area contributed by atoms with Gasteiger partial charge in [-0.3, -0.25) is 0 Å². The van der Waals surface area contributed by atoms with E-state index >= 15 is 0 Å². The molecular weight excluding hydrogens is 302 g/mol. The normalized spacial score (nSPS) is 10.8. The third-order valence-electron chi connectivity index (χ3n) is 3.58. The zero-order chi connectivity index (χ0) is 15.9. The zero-order valence-corrected chi connectivity index (χ0v) is 12.3. The SMILES string of the molecule is Cc1c(C(=O)O)ccc(-c2ccc3cnsc3c2)c1C(=O)O. The van der Waals surface area contributed by atoms with Crippen molar-refractivity contribution < 1.29 is 19.8 Å². The monoisotopic (exact) mass is 313 g/mol. The largest absolute Gasteiger partial charge is 0.478 e. The second-order valence-electron chi connectivity index (χ2n) is 4.85.